The van der Waals surface area contributed by atoms with Gasteiger partial charge in [-0.15, -0.1) is 0 Å². The summed E-state index contributed by atoms with van der Waals surface area (Å²) in [5.41, 5.74) is 1.88. The SMILES string of the molecule is CCn1ncc(S(=O)(=O)N2CCC[C@@]3(C2)OCCc2cnc(C)nc23)c1C. The van der Waals surface area contributed by atoms with Crippen molar-refractivity contribution in [2.75, 3.05) is 19.7 Å². The lowest BCUT2D eigenvalue weighted by Gasteiger charge is -2.44. The Balaban J connectivity index is 1.72. The predicted octanol–water partition coefficient (Wildman–Crippen LogP) is 1.56. The molecular weight excluding hydrogens is 366 g/mol. The van der Waals surface area contributed by atoms with Gasteiger partial charge in [0.15, 0.2) is 0 Å². The minimum atomic E-state index is -3.64. The normalized spacial score (nSPS) is 23.5. The number of fused-ring (bicyclic) bond motifs is 2. The van der Waals surface area contributed by atoms with Crippen molar-refractivity contribution in [1.29, 1.82) is 0 Å². The van der Waals surface area contributed by atoms with Gasteiger partial charge in [-0.3, -0.25) is 4.68 Å². The third kappa shape index (κ3) is 2.97. The summed E-state index contributed by atoms with van der Waals surface area (Å²) in [6.45, 7) is 7.53. The molecule has 2 aliphatic heterocycles. The Morgan fingerprint density at radius 2 is 2.11 bits per heavy atom. The number of aromatic nitrogens is 4. The van der Waals surface area contributed by atoms with Crippen molar-refractivity contribution < 1.29 is 13.2 Å². The van der Waals surface area contributed by atoms with Gasteiger partial charge in [0.25, 0.3) is 0 Å². The average molecular weight is 391 g/mol. The molecule has 2 aromatic heterocycles. The highest BCUT2D eigenvalue weighted by atomic mass is 32.2. The lowest BCUT2D eigenvalue weighted by molar-refractivity contribution is -0.0935. The van der Waals surface area contributed by atoms with Crippen molar-refractivity contribution in [3.63, 3.8) is 0 Å². The maximum Gasteiger partial charge on any atom is 0.246 e. The molecular formula is C18H25N5O3S. The Kier molecular flexibility index (Phi) is 4.56. The van der Waals surface area contributed by atoms with Crippen LogP contribution in [0.1, 0.15) is 42.5 Å². The molecule has 2 aromatic rings. The second-order valence-corrected chi connectivity index (χ2v) is 9.14. The lowest BCUT2D eigenvalue weighted by atomic mass is 9.85. The quantitative estimate of drug-likeness (QED) is 0.789. The number of aryl methyl sites for hydroxylation is 2. The number of hydrogen-bond donors (Lipinski definition) is 0. The molecule has 0 aromatic carbocycles. The summed E-state index contributed by atoms with van der Waals surface area (Å²) < 4.78 is 36.1. The fourth-order valence-corrected chi connectivity index (χ4v) is 5.82. The smallest absolute Gasteiger partial charge is 0.246 e. The van der Waals surface area contributed by atoms with Gasteiger partial charge in [0.1, 0.15) is 16.3 Å². The molecule has 0 unspecified atom stereocenters. The van der Waals surface area contributed by atoms with E-state index in [4.69, 9.17) is 4.74 Å². The Morgan fingerprint density at radius 1 is 1.30 bits per heavy atom. The number of hydrogen-bond acceptors (Lipinski definition) is 6. The van der Waals surface area contributed by atoms with E-state index in [1.807, 2.05) is 20.0 Å². The molecule has 146 valence electrons. The van der Waals surface area contributed by atoms with E-state index in [1.165, 1.54) is 10.5 Å². The standard InChI is InChI=1S/C18H25N5O3S/c1-4-23-13(2)16(11-20-23)27(24,25)22-8-5-7-18(12-22)17-15(6-9-26-18)10-19-14(3)21-17/h10-11H,4-9,12H2,1-3H3/t18-/m0/s1. The highest BCUT2D eigenvalue weighted by Crippen LogP contribution is 2.40. The van der Waals surface area contributed by atoms with Gasteiger partial charge in [-0.05, 0) is 45.6 Å². The second-order valence-electron chi connectivity index (χ2n) is 7.24. The molecule has 27 heavy (non-hydrogen) atoms. The van der Waals surface area contributed by atoms with E-state index in [0.717, 1.165) is 30.5 Å². The van der Waals surface area contributed by atoms with Crippen molar-refractivity contribution in [3.05, 3.63) is 35.2 Å². The maximum absolute atomic E-state index is 13.3. The van der Waals surface area contributed by atoms with Gasteiger partial charge in [-0.2, -0.15) is 9.40 Å². The molecule has 1 atom stereocenters. The number of piperidine rings is 1. The molecule has 0 bridgehead atoms. The summed E-state index contributed by atoms with van der Waals surface area (Å²) in [6.07, 6.45) is 5.55. The molecule has 9 heteroatoms. The summed E-state index contributed by atoms with van der Waals surface area (Å²) >= 11 is 0. The molecule has 4 heterocycles. The van der Waals surface area contributed by atoms with Gasteiger partial charge in [0, 0.05) is 25.8 Å². The zero-order chi connectivity index (χ0) is 19.2. The first-order valence-electron chi connectivity index (χ1n) is 9.37. The maximum atomic E-state index is 13.3. The van der Waals surface area contributed by atoms with Crippen LogP contribution in [-0.2, 0) is 33.3 Å². The van der Waals surface area contributed by atoms with E-state index in [9.17, 15) is 8.42 Å². The van der Waals surface area contributed by atoms with Gasteiger partial charge >= 0.3 is 0 Å². The lowest BCUT2D eigenvalue weighted by Crippen LogP contribution is -2.52. The van der Waals surface area contributed by atoms with Crippen LogP contribution in [0.15, 0.2) is 17.3 Å². The average Bonchev–Trinajstić information content (AvgIpc) is 3.04. The monoisotopic (exact) mass is 391 g/mol. The van der Waals surface area contributed by atoms with Gasteiger partial charge in [-0.1, -0.05) is 0 Å². The van der Waals surface area contributed by atoms with E-state index in [2.05, 4.69) is 15.1 Å². The number of sulfonamides is 1. The summed E-state index contributed by atoms with van der Waals surface area (Å²) in [5, 5.41) is 4.21. The summed E-state index contributed by atoms with van der Waals surface area (Å²) in [5.74, 6) is 0.679. The Hall–Kier alpha value is -1.84. The van der Waals surface area contributed by atoms with Crippen LogP contribution in [0.5, 0.6) is 0 Å². The van der Waals surface area contributed by atoms with E-state index in [0.29, 0.717) is 31.2 Å². The molecule has 4 rings (SSSR count). The van der Waals surface area contributed by atoms with Crippen LogP contribution >= 0.6 is 0 Å². The van der Waals surface area contributed by atoms with Crippen molar-refractivity contribution in [1.82, 2.24) is 24.1 Å². The van der Waals surface area contributed by atoms with Crippen LogP contribution in [-0.4, -0.2) is 52.2 Å². The van der Waals surface area contributed by atoms with E-state index in [1.54, 1.807) is 11.6 Å². The van der Waals surface area contributed by atoms with E-state index in [-0.39, 0.29) is 11.4 Å². The fraction of sp³-hybridized carbons (Fsp3) is 0.611. The highest BCUT2D eigenvalue weighted by Gasteiger charge is 2.46. The minimum Gasteiger partial charge on any atom is -0.367 e. The molecule has 1 fully saturated rings. The van der Waals surface area contributed by atoms with Crippen LogP contribution in [0.2, 0.25) is 0 Å². The Bertz CT molecular complexity index is 971. The first kappa shape index (κ1) is 18.5. The van der Waals surface area contributed by atoms with E-state index >= 15 is 0 Å². The topological polar surface area (TPSA) is 90.2 Å². The van der Waals surface area contributed by atoms with Crippen molar-refractivity contribution in [2.24, 2.45) is 0 Å². The van der Waals surface area contributed by atoms with Gasteiger partial charge < -0.3 is 4.74 Å². The molecule has 0 radical (unpaired) electrons. The van der Waals surface area contributed by atoms with Crippen LogP contribution in [0.4, 0.5) is 0 Å². The highest BCUT2D eigenvalue weighted by molar-refractivity contribution is 7.89. The summed E-state index contributed by atoms with van der Waals surface area (Å²) in [7, 11) is -3.64. The molecule has 0 N–H and O–H groups in total. The molecule has 2 aliphatic rings. The van der Waals surface area contributed by atoms with Gasteiger partial charge in [0.2, 0.25) is 10.0 Å². The largest absolute Gasteiger partial charge is 0.367 e. The molecule has 0 aliphatic carbocycles. The summed E-state index contributed by atoms with van der Waals surface area (Å²) in [6, 6.07) is 0. The van der Waals surface area contributed by atoms with Crippen LogP contribution < -0.4 is 0 Å². The first-order valence-corrected chi connectivity index (χ1v) is 10.8. The zero-order valence-corrected chi connectivity index (χ0v) is 16.8. The Morgan fingerprint density at radius 3 is 2.85 bits per heavy atom. The predicted molar refractivity (Wildman–Crippen MR) is 98.7 cm³/mol. The third-order valence-electron chi connectivity index (χ3n) is 5.56. The molecule has 1 saturated heterocycles. The van der Waals surface area contributed by atoms with Crippen LogP contribution in [0, 0.1) is 13.8 Å². The molecule has 0 saturated carbocycles. The first-order chi connectivity index (χ1) is 12.9. The molecule has 8 nitrogen and oxygen atoms in total. The number of rotatable bonds is 3. The van der Waals surface area contributed by atoms with Crippen LogP contribution in [0.3, 0.4) is 0 Å². The van der Waals surface area contributed by atoms with Crippen molar-refractivity contribution >= 4 is 10.0 Å². The van der Waals surface area contributed by atoms with Gasteiger partial charge in [0.05, 0.1) is 24.2 Å². The Labute approximate surface area is 159 Å². The third-order valence-corrected chi connectivity index (χ3v) is 7.51. The second kappa shape index (κ2) is 6.65. The van der Waals surface area contributed by atoms with Crippen molar-refractivity contribution in [2.45, 2.75) is 57.1 Å². The molecule has 0 amide bonds. The number of ether oxygens (including phenoxy) is 1. The van der Waals surface area contributed by atoms with Crippen LogP contribution in [0.25, 0.3) is 0 Å². The fourth-order valence-electron chi connectivity index (χ4n) is 4.14. The number of nitrogens with zero attached hydrogens (tertiary/aromatic N) is 5. The van der Waals surface area contributed by atoms with Gasteiger partial charge in [-0.25, -0.2) is 18.4 Å². The molecule has 1 spiro atoms. The minimum absolute atomic E-state index is 0.273. The zero-order valence-electron chi connectivity index (χ0n) is 16.0. The van der Waals surface area contributed by atoms with E-state index < -0.39 is 15.6 Å². The van der Waals surface area contributed by atoms with Crippen molar-refractivity contribution in [3.8, 4) is 0 Å². The summed E-state index contributed by atoms with van der Waals surface area (Å²) in [4.78, 5) is 9.22.